The molecule has 0 fully saturated rings. The van der Waals surface area contributed by atoms with E-state index in [1.807, 2.05) is 62.4 Å². The molecular weight excluding hydrogens is 651 g/mol. The van der Waals surface area contributed by atoms with Crippen LogP contribution in [0.3, 0.4) is 0 Å². The summed E-state index contributed by atoms with van der Waals surface area (Å²) in [6, 6.07) is 23.4. The van der Waals surface area contributed by atoms with Gasteiger partial charge in [0, 0.05) is 16.8 Å². The van der Waals surface area contributed by atoms with Gasteiger partial charge in [-0.1, -0.05) is 30.5 Å². The summed E-state index contributed by atoms with van der Waals surface area (Å²) in [5.74, 6) is -0.770. The van der Waals surface area contributed by atoms with E-state index in [1.54, 1.807) is 6.07 Å². The average molecular weight is 670 g/mol. The Morgan fingerprint density at radius 1 is 0.861 bits per heavy atom. The van der Waals surface area contributed by atoms with Crippen molar-refractivity contribution < 1.29 is 38.6 Å². The maximum absolute atomic E-state index is 14.7. The minimum absolute atomic E-state index is 0. The van der Waals surface area contributed by atoms with Crippen molar-refractivity contribution in [3.05, 3.63) is 108 Å². The molecule has 0 N–H and O–H groups in total. The van der Waals surface area contributed by atoms with Crippen molar-refractivity contribution in [1.29, 1.82) is 0 Å². The molecule has 9 heteroatoms. The number of halogens is 4. The van der Waals surface area contributed by atoms with Crippen molar-refractivity contribution in [2.45, 2.75) is 25.4 Å². The maximum atomic E-state index is 14.7. The molecule has 184 valence electrons. The van der Waals surface area contributed by atoms with Crippen LogP contribution >= 0.6 is 0 Å². The largest absolute Gasteiger partial charge is 2.00 e. The van der Waals surface area contributed by atoms with E-state index in [0.29, 0.717) is 11.8 Å². The molecule has 0 saturated carbocycles. The third kappa shape index (κ3) is 4.82. The number of hydrogen-bond acceptors (Lipinski definition) is 3. The zero-order valence-electron chi connectivity index (χ0n) is 19.0. The number of aromatic nitrogens is 4. The second-order valence-corrected chi connectivity index (χ2v) is 8.58. The van der Waals surface area contributed by atoms with Crippen molar-refractivity contribution in [1.82, 2.24) is 19.7 Å². The molecule has 0 saturated heterocycles. The molecule has 0 aliphatic heterocycles. The fourth-order valence-electron chi connectivity index (χ4n) is 3.85. The molecule has 0 unspecified atom stereocenters. The van der Waals surface area contributed by atoms with Gasteiger partial charge >= 0.3 is 27.2 Å². The summed E-state index contributed by atoms with van der Waals surface area (Å²) in [5.41, 5.74) is 0.399. The second-order valence-electron chi connectivity index (χ2n) is 8.58. The van der Waals surface area contributed by atoms with E-state index >= 15 is 0 Å². The molecule has 5 rings (SSSR count). The summed E-state index contributed by atoms with van der Waals surface area (Å²) in [6.45, 7) is 3.67. The van der Waals surface area contributed by atoms with Gasteiger partial charge < -0.3 is 4.68 Å². The van der Waals surface area contributed by atoms with E-state index in [2.05, 4.69) is 22.3 Å². The molecular formula is C27H18F4N4Pt. The average Bonchev–Trinajstić information content (AvgIpc) is 3.35. The number of hydrogen-bond donors (Lipinski definition) is 0. The van der Waals surface area contributed by atoms with E-state index in [0.717, 1.165) is 32.8 Å². The van der Waals surface area contributed by atoms with Crippen LogP contribution in [0.5, 0.6) is 0 Å². The predicted molar refractivity (Wildman–Crippen MR) is 123 cm³/mol. The van der Waals surface area contributed by atoms with Gasteiger partial charge in [-0.05, 0) is 48.5 Å². The van der Waals surface area contributed by atoms with Crippen LogP contribution in [0, 0.1) is 18.1 Å². The summed E-state index contributed by atoms with van der Waals surface area (Å²) >= 11 is 0. The van der Waals surface area contributed by atoms with Gasteiger partial charge in [-0.25, -0.2) is 4.39 Å². The minimum atomic E-state index is -4.64. The van der Waals surface area contributed by atoms with Crippen LogP contribution in [-0.4, -0.2) is 19.7 Å². The van der Waals surface area contributed by atoms with Gasteiger partial charge in [0.2, 0.25) is 0 Å². The predicted octanol–water partition coefficient (Wildman–Crippen LogP) is 6.56. The zero-order valence-corrected chi connectivity index (χ0v) is 21.3. The Balaban J connectivity index is 0.00000304. The van der Waals surface area contributed by atoms with Gasteiger partial charge in [-0.3, -0.25) is 15.1 Å². The Morgan fingerprint density at radius 2 is 1.58 bits per heavy atom. The normalized spacial score (nSPS) is 11.9. The standard InChI is InChI=1S/C27H18F4N4.Pt/c1-26(2,23-15-19(28)16-24(32-23)35-13-12-21(34-35)27(29,30)31)22-14-18-10-6-7-11-20(18)25(33-22)17-8-4-3-5-9-17;/h3-8,10-12,14-16H,1-2H3;/q-2;+2. The first-order valence-electron chi connectivity index (χ1n) is 10.7. The van der Waals surface area contributed by atoms with Crippen LogP contribution in [-0.2, 0) is 32.7 Å². The smallest absolute Gasteiger partial charge is 0.343 e. The fourth-order valence-corrected chi connectivity index (χ4v) is 3.85. The first-order chi connectivity index (χ1) is 16.6. The van der Waals surface area contributed by atoms with Crippen LogP contribution in [0.15, 0.2) is 72.8 Å². The van der Waals surface area contributed by atoms with E-state index in [9.17, 15) is 17.6 Å². The number of pyridine rings is 2. The zero-order chi connectivity index (χ0) is 24.8. The van der Waals surface area contributed by atoms with Crippen LogP contribution in [0.4, 0.5) is 17.6 Å². The number of alkyl halides is 3. The minimum Gasteiger partial charge on any atom is -0.343 e. The molecule has 5 aromatic rings. The molecule has 36 heavy (non-hydrogen) atoms. The van der Waals surface area contributed by atoms with Crippen LogP contribution < -0.4 is 0 Å². The van der Waals surface area contributed by atoms with E-state index in [1.165, 1.54) is 6.07 Å². The van der Waals surface area contributed by atoms with Crippen LogP contribution in [0.1, 0.15) is 30.9 Å². The molecule has 0 atom stereocenters. The number of fused-ring (bicyclic) bond motifs is 1. The molecule has 3 heterocycles. The molecule has 0 aliphatic carbocycles. The van der Waals surface area contributed by atoms with Gasteiger partial charge in [0.05, 0.1) is 11.5 Å². The Labute approximate surface area is 219 Å². The SMILES string of the molecule is CC(C)(c1cc(F)cc(-n2[c-]cc(C(F)(F)F)n2)n1)c1cc2ccccc2c(-c2[c-]cccc2)n1.[Pt+2]. The second kappa shape index (κ2) is 9.58. The summed E-state index contributed by atoms with van der Waals surface area (Å²) in [5, 5.41) is 5.34. The molecule has 4 nitrogen and oxygen atoms in total. The van der Waals surface area contributed by atoms with Crippen LogP contribution in [0.25, 0.3) is 27.8 Å². The first-order valence-corrected chi connectivity index (χ1v) is 10.7. The van der Waals surface area contributed by atoms with Crippen molar-refractivity contribution >= 4 is 10.8 Å². The molecule has 0 amide bonds. The Morgan fingerprint density at radius 3 is 2.28 bits per heavy atom. The van der Waals surface area contributed by atoms with Gasteiger partial charge in [0.1, 0.15) is 5.82 Å². The van der Waals surface area contributed by atoms with E-state index < -0.39 is 23.1 Å². The summed E-state index contributed by atoms with van der Waals surface area (Å²) in [6.07, 6.45) is -2.28. The Bertz CT molecular complexity index is 1530. The summed E-state index contributed by atoms with van der Waals surface area (Å²) in [7, 11) is 0. The number of nitrogens with zero attached hydrogens (tertiary/aromatic N) is 4. The fraction of sp³-hybridized carbons (Fsp3) is 0.148. The molecule has 0 bridgehead atoms. The maximum Gasteiger partial charge on any atom is 2.00 e. The quantitative estimate of drug-likeness (QED) is 0.161. The summed E-state index contributed by atoms with van der Waals surface area (Å²) < 4.78 is 54.4. The Hall–Kier alpha value is -3.38. The number of benzene rings is 2. The monoisotopic (exact) mass is 669 g/mol. The van der Waals surface area contributed by atoms with Crippen molar-refractivity contribution in [2.24, 2.45) is 0 Å². The molecule has 3 aromatic heterocycles. The molecule has 0 radical (unpaired) electrons. The molecule has 0 aliphatic rings. The third-order valence-electron chi connectivity index (χ3n) is 5.80. The van der Waals surface area contributed by atoms with E-state index in [4.69, 9.17) is 4.98 Å². The first kappa shape index (κ1) is 25.7. The van der Waals surface area contributed by atoms with Crippen LogP contribution in [0.2, 0.25) is 0 Å². The van der Waals surface area contributed by atoms with Gasteiger partial charge in [-0.15, -0.1) is 42.0 Å². The van der Waals surface area contributed by atoms with Gasteiger partial charge in [-0.2, -0.15) is 13.2 Å². The number of rotatable bonds is 4. The Kier molecular flexibility index (Phi) is 6.84. The topological polar surface area (TPSA) is 43.6 Å². The van der Waals surface area contributed by atoms with Gasteiger partial charge in [0.25, 0.3) is 0 Å². The van der Waals surface area contributed by atoms with Crippen molar-refractivity contribution in [3.8, 4) is 17.1 Å². The van der Waals surface area contributed by atoms with Crippen molar-refractivity contribution in [3.63, 3.8) is 0 Å². The summed E-state index contributed by atoms with van der Waals surface area (Å²) in [4.78, 5) is 9.36. The third-order valence-corrected chi connectivity index (χ3v) is 5.80. The van der Waals surface area contributed by atoms with E-state index in [-0.39, 0.29) is 32.6 Å². The molecule has 2 aromatic carbocycles. The molecule has 0 spiro atoms. The van der Waals surface area contributed by atoms with Gasteiger partial charge in [0.15, 0.2) is 0 Å². The van der Waals surface area contributed by atoms with Crippen molar-refractivity contribution in [2.75, 3.05) is 0 Å².